The van der Waals surface area contributed by atoms with Crippen LogP contribution >= 0.6 is 12.4 Å². The second-order valence-electron chi connectivity index (χ2n) is 5.99. The molecule has 0 radical (unpaired) electrons. The summed E-state index contributed by atoms with van der Waals surface area (Å²) in [6.45, 7) is 2.45. The molecule has 3 N–H and O–H groups in total. The first-order valence-corrected chi connectivity index (χ1v) is 7.75. The van der Waals surface area contributed by atoms with Crippen LogP contribution in [0.15, 0.2) is 18.2 Å². The van der Waals surface area contributed by atoms with Crippen LogP contribution in [0.4, 0.5) is 4.39 Å². The highest BCUT2D eigenvalue weighted by atomic mass is 35.5. The smallest absolute Gasteiger partial charge is 0.255 e. The van der Waals surface area contributed by atoms with Crippen LogP contribution in [0, 0.1) is 5.82 Å². The van der Waals surface area contributed by atoms with Crippen LogP contribution in [0.25, 0.3) is 0 Å². The Morgan fingerprint density at radius 1 is 1.39 bits per heavy atom. The Morgan fingerprint density at radius 3 is 2.83 bits per heavy atom. The molecule has 0 saturated carbocycles. The van der Waals surface area contributed by atoms with E-state index in [4.69, 9.17) is 4.74 Å². The lowest BCUT2D eigenvalue weighted by Crippen LogP contribution is -2.60. The molecule has 1 aromatic rings. The van der Waals surface area contributed by atoms with Crippen LogP contribution in [0.2, 0.25) is 0 Å². The Kier molecular flexibility index (Phi) is 5.84. The number of piperidine rings is 1. The topological polar surface area (TPSA) is 70.6 Å². The summed E-state index contributed by atoms with van der Waals surface area (Å²) < 4.78 is 19.1. The quantitative estimate of drug-likeness (QED) is 0.767. The summed E-state index contributed by atoms with van der Waals surface area (Å²) in [7, 11) is 0. The minimum absolute atomic E-state index is 0. The highest BCUT2D eigenvalue weighted by Crippen LogP contribution is 2.33. The van der Waals surface area contributed by atoms with E-state index in [2.05, 4.69) is 10.6 Å². The van der Waals surface area contributed by atoms with Crippen molar-refractivity contribution in [3.05, 3.63) is 29.6 Å². The molecule has 23 heavy (non-hydrogen) atoms. The predicted molar refractivity (Wildman–Crippen MR) is 86.6 cm³/mol. The number of benzene rings is 1. The number of phenols is 1. The van der Waals surface area contributed by atoms with Crippen LogP contribution in [-0.4, -0.2) is 42.4 Å². The molecule has 128 valence electrons. The summed E-state index contributed by atoms with van der Waals surface area (Å²) >= 11 is 0. The standard InChI is InChI=1S/C16H21FN2O3.ClH/c17-11-3-4-12(13(20)10-11)15(21)19-14-2-1-9-22-16(14)5-7-18-8-6-16;/h3-4,10,14,18,20H,1-2,5-9H2,(H,19,21);1H. The maximum atomic E-state index is 13.0. The van der Waals surface area contributed by atoms with Gasteiger partial charge >= 0.3 is 0 Å². The van der Waals surface area contributed by atoms with E-state index in [1.165, 1.54) is 12.1 Å². The first-order valence-electron chi connectivity index (χ1n) is 7.75. The molecule has 5 nitrogen and oxygen atoms in total. The molecule has 0 aromatic heterocycles. The Morgan fingerprint density at radius 2 is 2.13 bits per heavy atom. The number of amides is 1. The van der Waals surface area contributed by atoms with Crippen molar-refractivity contribution in [3.8, 4) is 5.75 Å². The molecule has 1 spiro atoms. The van der Waals surface area contributed by atoms with Crippen molar-refractivity contribution < 1.29 is 19.0 Å². The van der Waals surface area contributed by atoms with Crippen LogP contribution < -0.4 is 10.6 Å². The third-order valence-corrected chi connectivity index (χ3v) is 4.62. The molecule has 2 fully saturated rings. The van der Waals surface area contributed by atoms with E-state index >= 15 is 0 Å². The van der Waals surface area contributed by atoms with Crippen LogP contribution in [-0.2, 0) is 4.74 Å². The number of hydrogen-bond donors (Lipinski definition) is 3. The normalized spacial score (nSPS) is 23.1. The minimum atomic E-state index is -0.565. The van der Waals surface area contributed by atoms with Gasteiger partial charge < -0.3 is 20.5 Å². The predicted octanol–water partition coefficient (Wildman–Crippen LogP) is 1.98. The van der Waals surface area contributed by atoms with Crippen LogP contribution in [0.1, 0.15) is 36.0 Å². The summed E-state index contributed by atoms with van der Waals surface area (Å²) in [5.74, 6) is -1.29. The molecule has 2 heterocycles. The van der Waals surface area contributed by atoms with Gasteiger partial charge in [-0.3, -0.25) is 4.79 Å². The van der Waals surface area contributed by atoms with Crippen molar-refractivity contribution in [2.45, 2.75) is 37.3 Å². The molecule has 2 aliphatic heterocycles. The van der Waals surface area contributed by atoms with Gasteiger partial charge in [0, 0.05) is 12.7 Å². The molecular formula is C16H22ClFN2O3. The van der Waals surface area contributed by atoms with Gasteiger partial charge in [0.05, 0.1) is 17.2 Å². The van der Waals surface area contributed by atoms with E-state index in [1.807, 2.05) is 0 Å². The highest BCUT2D eigenvalue weighted by molar-refractivity contribution is 5.97. The first kappa shape index (κ1) is 18.0. The molecule has 1 unspecified atom stereocenters. The van der Waals surface area contributed by atoms with Gasteiger partial charge in [0.15, 0.2) is 0 Å². The third kappa shape index (κ3) is 3.76. The Labute approximate surface area is 141 Å². The molecule has 2 aliphatic rings. The summed E-state index contributed by atoms with van der Waals surface area (Å²) in [4.78, 5) is 12.4. The second-order valence-corrected chi connectivity index (χ2v) is 5.99. The van der Waals surface area contributed by atoms with Crippen molar-refractivity contribution in [2.75, 3.05) is 19.7 Å². The highest BCUT2D eigenvalue weighted by Gasteiger charge is 2.43. The van der Waals surface area contributed by atoms with E-state index < -0.39 is 5.82 Å². The molecule has 3 rings (SSSR count). The zero-order valence-corrected chi connectivity index (χ0v) is 13.6. The van der Waals surface area contributed by atoms with Crippen molar-refractivity contribution in [3.63, 3.8) is 0 Å². The largest absolute Gasteiger partial charge is 0.507 e. The first-order chi connectivity index (χ1) is 10.6. The zero-order chi connectivity index (χ0) is 15.6. The number of halogens is 2. The van der Waals surface area contributed by atoms with E-state index in [-0.39, 0.29) is 41.3 Å². The Bertz CT molecular complexity index is 556. The van der Waals surface area contributed by atoms with E-state index in [1.54, 1.807) is 0 Å². The van der Waals surface area contributed by atoms with Gasteiger partial charge in [0.2, 0.25) is 0 Å². The average Bonchev–Trinajstić information content (AvgIpc) is 2.50. The lowest BCUT2D eigenvalue weighted by Gasteiger charge is -2.46. The van der Waals surface area contributed by atoms with Gasteiger partial charge in [0.25, 0.3) is 5.91 Å². The van der Waals surface area contributed by atoms with Gasteiger partial charge in [-0.25, -0.2) is 4.39 Å². The summed E-state index contributed by atoms with van der Waals surface area (Å²) in [6.07, 6.45) is 3.46. The second kappa shape index (κ2) is 7.47. The number of hydrogen-bond acceptors (Lipinski definition) is 4. The van der Waals surface area contributed by atoms with E-state index in [9.17, 15) is 14.3 Å². The maximum Gasteiger partial charge on any atom is 0.255 e. The summed E-state index contributed by atoms with van der Waals surface area (Å²) in [6, 6.07) is 3.35. The van der Waals surface area contributed by atoms with Crippen molar-refractivity contribution in [2.24, 2.45) is 0 Å². The van der Waals surface area contributed by atoms with Crippen LogP contribution in [0.5, 0.6) is 5.75 Å². The number of aromatic hydroxyl groups is 1. The lowest BCUT2D eigenvalue weighted by atomic mass is 9.80. The number of ether oxygens (including phenoxy) is 1. The fourth-order valence-electron chi connectivity index (χ4n) is 3.41. The molecule has 1 amide bonds. The zero-order valence-electron chi connectivity index (χ0n) is 12.8. The fraction of sp³-hybridized carbons (Fsp3) is 0.562. The SMILES string of the molecule is Cl.O=C(NC1CCCOC12CCNCC2)c1ccc(F)cc1O. The molecule has 1 atom stereocenters. The number of carbonyl (C=O) groups is 1. The van der Waals surface area contributed by atoms with E-state index in [0.29, 0.717) is 6.61 Å². The molecule has 0 aliphatic carbocycles. The van der Waals surface area contributed by atoms with Crippen molar-refractivity contribution >= 4 is 18.3 Å². The van der Waals surface area contributed by atoms with Crippen molar-refractivity contribution in [1.29, 1.82) is 0 Å². The molecule has 1 aromatic carbocycles. The number of nitrogens with one attached hydrogen (secondary N) is 2. The molecular weight excluding hydrogens is 323 g/mol. The van der Waals surface area contributed by atoms with Crippen molar-refractivity contribution in [1.82, 2.24) is 10.6 Å². The van der Waals surface area contributed by atoms with Gasteiger partial charge in [-0.05, 0) is 50.9 Å². The fourth-order valence-corrected chi connectivity index (χ4v) is 3.41. The van der Waals surface area contributed by atoms with Gasteiger partial charge in [-0.2, -0.15) is 0 Å². The summed E-state index contributed by atoms with van der Waals surface area (Å²) in [5, 5.41) is 16.0. The molecule has 7 heteroatoms. The number of phenolic OH excluding ortho intramolecular Hbond substituents is 1. The average molecular weight is 345 g/mol. The lowest BCUT2D eigenvalue weighted by molar-refractivity contribution is -0.114. The maximum absolute atomic E-state index is 13.0. The molecule has 2 saturated heterocycles. The summed E-state index contributed by atoms with van der Waals surface area (Å²) in [5.41, 5.74) is -0.231. The van der Waals surface area contributed by atoms with Crippen LogP contribution in [0.3, 0.4) is 0 Å². The Balaban J connectivity index is 0.00000192. The Hall–Kier alpha value is -1.37. The van der Waals surface area contributed by atoms with Gasteiger partial charge in [0.1, 0.15) is 11.6 Å². The van der Waals surface area contributed by atoms with Gasteiger partial charge in [-0.15, -0.1) is 12.4 Å². The monoisotopic (exact) mass is 344 g/mol. The van der Waals surface area contributed by atoms with E-state index in [0.717, 1.165) is 44.8 Å². The number of carbonyl (C=O) groups excluding carboxylic acids is 1. The minimum Gasteiger partial charge on any atom is -0.507 e. The van der Waals surface area contributed by atoms with Gasteiger partial charge in [-0.1, -0.05) is 0 Å². The third-order valence-electron chi connectivity index (χ3n) is 4.62. The number of rotatable bonds is 2. The molecule has 0 bridgehead atoms.